The van der Waals surface area contributed by atoms with Crippen molar-refractivity contribution in [1.29, 1.82) is 0 Å². The summed E-state index contributed by atoms with van der Waals surface area (Å²) in [6, 6.07) is 8.31. The van der Waals surface area contributed by atoms with Crippen molar-refractivity contribution in [3.8, 4) is 0 Å². The number of Topliss-reactive ketones (excluding diaryl/α,β-unsaturated/α-hetero) is 1. The van der Waals surface area contributed by atoms with E-state index in [1.165, 1.54) is 36.1 Å². The number of carbonyl (C=O) groups is 2. The van der Waals surface area contributed by atoms with E-state index in [1.807, 2.05) is 0 Å². The molecule has 0 spiro atoms. The van der Waals surface area contributed by atoms with E-state index in [9.17, 15) is 19.1 Å². The van der Waals surface area contributed by atoms with E-state index >= 15 is 0 Å². The molecule has 3 rings (SSSR count). The van der Waals surface area contributed by atoms with Crippen LogP contribution in [0.3, 0.4) is 0 Å². The van der Waals surface area contributed by atoms with Crippen molar-refractivity contribution in [2.24, 2.45) is 0 Å². The second-order valence-corrected chi connectivity index (χ2v) is 5.57. The van der Waals surface area contributed by atoms with E-state index in [0.29, 0.717) is 5.56 Å². The average molecular weight is 326 g/mol. The zero-order valence-electron chi connectivity index (χ0n) is 12.9. The fraction of sp³-hybridized carbons (Fsp3) is 0.167. The summed E-state index contributed by atoms with van der Waals surface area (Å²) >= 11 is 0. The highest BCUT2D eigenvalue weighted by Crippen LogP contribution is 2.38. The number of carbonyl (C=O) groups excluding carboxylic acids is 2. The van der Waals surface area contributed by atoms with Crippen molar-refractivity contribution in [2.75, 3.05) is 0 Å². The Morgan fingerprint density at radius 1 is 1.29 bits per heavy atom. The molecule has 5 nitrogen and oxygen atoms in total. The van der Waals surface area contributed by atoms with E-state index in [4.69, 9.17) is 0 Å². The molecule has 1 aromatic heterocycles. The molecule has 0 aliphatic carbocycles. The lowest BCUT2D eigenvalue weighted by atomic mass is 9.96. The van der Waals surface area contributed by atoms with Gasteiger partial charge in [-0.15, -0.1) is 0 Å². The standard InChI is InChI=1S/C18H15FN2O3/c1-11(22)15-16(13-4-6-14(19)7-5-13)21(18(24)17(15)23)10-12-3-2-8-20-9-12/h2-9,16,23H,10H2,1H3/t16-/m1/s1. The van der Waals surface area contributed by atoms with E-state index < -0.39 is 29.3 Å². The van der Waals surface area contributed by atoms with Crippen LogP contribution in [0.25, 0.3) is 0 Å². The quantitative estimate of drug-likeness (QED) is 0.938. The molecule has 6 heteroatoms. The van der Waals surface area contributed by atoms with Gasteiger partial charge in [-0.2, -0.15) is 0 Å². The first-order chi connectivity index (χ1) is 11.5. The van der Waals surface area contributed by atoms with Gasteiger partial charge in [0.15, 0.2) is 11.5 Å². The summed E-state index contributed by atoms with van der Waals surface area (Å²) in [5.41, 5.74) is 1.34. The lowest BCUT2D eigenvalue weighted by Gasteiger charge is -2.26. The van der Waals surface area contributed by atoms with Gasteiger partial charge in [0.1, 0.15) is 5.82 Å². The van der Waals surface area contributed by atoms with Gasteiger partial charge < -0.3 is 10.0 Å². The van der Waals surface area contributed by atoms with Crippen molar-refractivity contribution < 1.29 is 19.1 Å². The van der Waals surface area contributed by atoms with Gasteiger partial charge in [0.05, 0.1) is 11.6 Å². The lowest BCUT2D eigenvalue weighted by Crippen LogP contribution is -2.30. The Hall–Kier alpha value is -3.02. The molecule has 0 radical (unpaired) electrons. The molecule has 1 N–H and O–H groups in total. The number of benzene rings is 1. The van der Waals surface area contributed by atoms with Gasteiger partial charge in [-0.05, 0) is 36.2 Å². The van der Waals surface area contributed by atoms with Crippen molar-refractivity contribution in [2.45, 2.75) is 19.5 Å². The normalized spacial score (nSPS) is 17.5. The Morgan fingerprint density at radius 3 is 2.58 bits per heavy atom. The summed E-state index contributed by atoms with van der Waals surface area (Å²) in [6.45, 7) is 1.47. The van der Waals surface area contributed by atoms with E-state index in [-0.39, 0.29) is 12.1 Å². The molecule has 122 valence electrons. The first kappa shape index (κ1) is 15.9. The summed E-state index contributed by atoms with van der Waals surface area (Å²) in [4.78, 5) is 29.8. The summed E-state index contributed by atoms with van der Waals surface area (Å²) in [5, 5.41) is 10.1. The monoisotopic (exact) mass is 326 g/mol. The molecule has 0 saturated carbocycles. The maximum atomic E-state index is 13.2. The molecular weight excluding hydrogens is 311 g/mol. The molecule has 0 fully saturated rings. The van der Waals surface area contributed by atoms with Crippen LogP contribution >= 0.6 is 0 Å². The number of nitrogens with zero attached hydrogens (tertiary/aromatic N) is 2. The van der Waals surface area contributed by atoms with E-state index in [1.54, 1.807) is 24.5 Å². The molecule has 1 aromatic carbocycles. The minimum absolute atomic E-state index is 0.0236. The summed E-state index contributed by atoms with van der Waals surface area (Å²) in [6.07, 6.45) is 3.22. The Labute approximate surface area is 138 Å². The zero-order chi connectivity index (χ0) is 17.3. The predicted octanol–water partition coefficient (Wildman–Crippen LogP) is 2.71. The molecule has 1 amide bonds. The van der Waals surface area contributed by atoms with Gasteiger partial charge in [0, 0.05) is 18.9 Å². The predicted molar refractivity (Wildman–Crippen MR) is 84.3 cm³/mol. The highest BCUT2D eigenvalue weighted by atomic mass is 19.1. The number of aliphatic hydroxyl groups excluding tert-OH is 1. The summed E-state index contributed by atoms with van der Waals surface area (Å²) in [7, 11) is 0. The van der Waals surface area contributed by atoms with Crippen LogP contribution in [0.2, 0.25) is 0 Å². The molecule has 0 saturated heterocycles. The molecule has 0 unspecified atom stereocenters. The number of hydrogen-bond donors (Lipinski definition) is 1. The number of amides is 1. The highest BCUT2D eigenvalue weighted by Gasteiger charge is 2.42. The van der Waals surface area contributed by atoms with Crippen LogP contribution in [-0.2, 0) is 16.1 Å². The van der Waals surface area contributed by atoms with Crippen LogP contribution in [0.4, 0.5) is 4.39 Å². The highest BCUT2D eigenvalue weighted by molar-refractivity contribution is 6.08. The van der Waals surface area contributed by atoms with Gasteiger partial charge in [-0.1, -0.05) is 18.2 Å². The topological polar surface area (TPSA) is 70.5 Å². The van der Waals surface area contributed by atoms with Gasteiger partial charge in [-0.25, -0.2) is 4.39 Å². The van der Waals surface area contributed by atoms with Crippen LogP contribution in [0.1, 0.15) is 24.1 Å². The van der Waals surface area contributed by atoms with Crippen LogP contribution in [0, 0.1) is 5.82 Å². The van der Waals surface area contributed by atoms with E-state index in [0.717, 1.165) is 5.56 Å². The minimum Gasteiger partial charge on any atom is -0.503 e. The molecule has 1 aliphatic rings. The minimum atomic E-state index is -0.754. The number of halogens is 1. The van der Waals surface area contributed by atoms with Gasteiger partial charge in [0.25, 0.3) is 5.91 Å². The lowest BCUT2D eigenvalue weighted by molar-refractivity contribution is -0.130. The average Bonchev–Trinajstić information content (AvgIpc) is 2.82. The van der Waals surface area contributed by atoms with Gasteiger partial charge in [-0.3, -0.25) is 14.6 Å². The Kier molecular flexibility index (Phi) is 4.12. The number of rotatable bonds is 4. The number of ketones is 1. The van der Waals surface area contributed by atoms with Gasteiger partial charge in [0.2, 0.25) is 0 Å². The Bertz CT molecular complexity index is 816. The number of pyridine rings is 1. The fourth-order valence-electron chi connectivity index (χ4n) is 2.86. The fourth-order valence-corrected chi connectivity index (χ4v) is 2.86. The maximum absolute atomic E-state index is 13.2. The maximum Gasteiger partial charge on any atom is 0.290 e. The second-order valence-electron chi connectivity index (χ2n) is 5.57. The molecule has 0 bridgehead atoms. The summed E-state index contributed by atoms with van der Waals surface area (Å²) < 4.78 is 13.2. The van der Waals surface area contributed by atoms with Crippen LogP contribution in [-0.4, -0.2) is 26.7 Å². The third-order valence-corrected chi connectivity index (χ3v) is 3.94. The second kappa shape index (κ2) is 6.23. The SMILES string of the molecule is CC(=O)C1=C(O)C(=O)N(Cc2cccnc2)[C@@H]1c1ccc(F)cc1. The van der Waals surface area contributed by atoms with Crippen LogP contribution < -0.4 is 0 Å². The molecule has 24 heavy (non-hydrogen) atoms. The Balaban J connectivity index is 2.04. The zero-order valence-corrected chi connectivity index (χ0v) is 12.9. The van der Waals surface area contributed by atoms with Crippen molar-refractivity contribution in [3.05, 3.63) is 77.1 Å². The molecule has 2 heterocycles. The number of aromatic nitrogens is 1. The molecule has 2 aromatic rings. The van der Waals surface area contributed by atoms with Crippen molar-refractivity contribution in [1.82, 2.24) is 9.88 Å². The smallest absolute Gasteiger partial charge is 0.290 e. The molecule has 1 aliphatic heterocycles. The third kappa shape index (κ3) is 2.78. The van der Waals surface area contributed by atoms with Crippen LogP contribution in [0.15, 0.2) is 60.1 Å². The van der Waals surface area contributed by atoms with E-state index in [2.05, 4.69) is 4.98 Å². The summed E-state index contributed by atoms with van der Waals surface area (Å²) in [5.74, 6) is -2.00. The largest absolute Gasteiger partial charge is 0.503 e. The first-order valence-electron chi connectivity index (χ1n) is 7.38. The van der Waals surface area contributed by atoms with Crippen LogP contribution in [0.5, 0.6) is 0 Å². The first-order valence-corrected chi connectivity index (χ1v) is 7.38. The molecule has 1 atom stereocenters. The Morgan fingerprint density at radius 2 is 2.00 bits per heavy atom. The third-order valence-electron chi connectivity index (χ3n) is 3.94. The van der Waals surface area contributed by atoms with Crippen molar-refractivity contribution >= 4 is 11.7 Å². The van der Waals surface area contributed by atoms with Crippen molar-refractivity contribution in [3.63, 3.8) is 0 Å². The molecular formula is C18H15FN2O3. The number of hydrogen-bond acceptors (Lipinski definition) is 4. The van der Waals surface area contributed by atoms with Gasteiger partial charge >= 0.3 is 0 Å². The number of aliphatic hydroxyl groups is 1.